The van der Waals surface area contributed by atoms with Crippen molar-refractivity contribution in [3.8, 4) is 11.3 Å². The molecule has 4 rings (SSSR count). The van der Waals surface area contributed by atoms with Crippen molar-refractivity contribution in [2.75, 3.05) is 19.0 Å². The Kier molecular flexibility index (Phi) is 9.96. The summed E-state index contributed by atoms with van der Waals surface area (Å²) >= 11 is 0. The average molecular weight is 580 g/mol. The number of nitrogens with zero attached hydrogens (tertiary/aromatic N) is 3. The predicted molar refractivity (Wildman–Crippen MR) is 146 cm³/mol. The molecule has 184 valence electrons. The monoisotopic (exact) mass is 579 g/mol. The molecule has 0 unspecified atom stereocenters. The van der Waals surface area contributed by atoms with E-state index < -0.39 is 0 Å². The molecule has 3 nitrogen and oxygen atoms in total. The minimum Gasteiger partial charge on any atom is -1.00 e. The van der Waals surface area contributed by atoms with E-state index in [9.17, 15) is 0 Å². The second-order valence-corrected chi connectivity index (χ2v) is 9.37. The van der Waals surface area contributed by atoms with Crippen LogP contribution >= 0.6 is 0 Å². The number of unbranched alkanes of at least 4 members (excludes halogenated alkanes) is 4. The van der Waals surface area contributed by atoms with Crippen LogP contribution in [0.2, 0.25) is 0 Å². The highest BCUT2D eigenvalue weighted by Gasteiger charge is 2.23. The molecule has 0 atom stereocenters. The van der Waals surface area contributed by atoms with Crippen LogP contribution in [0.5, 0.6) is 0 Å². The third kappa shape index (κ3) is 6.54. The first-order valence-electron chi connectivity index (χ1n) is 12.6. The van der Waals surface area contributed by atoms with Crippen molar-refractivity contribution in [1.29, 1.82) is 0 Å². The Bertz CT molecular complexity index is 1240. The molecule has 2 aromatic carbocycles. The molecule has 0 saturated carbocycles. The van der Waals surface area contributed by atoms with Crippen LogP contribution in [0.1, 0.15) is 55.8 Å². The van der Waals surface area contributed by atoms with Gasteiger partial charge in [-0.3, -0.25) is 0 Å². The molecule has 4 heteroatoms. The van der Waals surface area contributed by atoms with Gasteiger partial charge in [-0.05, 0) is 42.2 Å². The van der Waals surface area contributed by atoms with E-state index in [2.05, 4.69) is 127 Å². The van der Waals surface area contributed by atoms with E-state index in [0.29, 0.717) is 0 Å². The van der Waals surface area contributed by atoms with Crippen LogP contribution in [0, 0.1) is 6.92 Å². The maximum absolute atomic E-state index is 2.53. The van der Waals surface area contributed by atoms with Crippen molar-refractivity contribution >= 4 is 23.5 Å². The van der Waals surface area contributed by atoms with Gasteiger partial charge in [-0.15, -0.1) is 0 Å². The van der Waals surface area contributed by atoms with Crippen molar-refractivity contribution in [2.24, 2.45) is 0 Å². The number of hydrogen-bond donors (Lipinski definition) is 0. The smallest absolute Gasteiger partial charge is 0.287 e. The topological polar surface area (TPSA) is 11.5 Å². The summed E-state index contributed by atoms with van der Waals surface area (Å²) in [6.45, 7) is 5.56. The number of rotatable bonds is 10. The molecule has 0 aliphatic heterocycles. The van der Waals surface area contributed by atoms with E-state index in [4.69, 9.17) is 0 Å². The Labute approximate surface area is 228 Å². The third-order valence-corrected chi connectivity index (χ3v) is 6.62. The summed E-state index contributed by atoms with van der Waals surface area (Å²) < 4.78 is 4.87. The number of anilines is 1. The summed E-state index contributed by atoms with van der Waals surface area (Å²) in [5, 5.41) is 0. The maximum Gasteiger partial charge on any atom is 0.287 e. The van der Waals surface area contributed by atoms with Crippen LogP contribution in [0.4, 0.5) is 5.69 Å². The first-order chi connectivity index (χ1) is 16.6. The quantitative estimate of drug-likeness (QED) is 0.154. The van der Waals surface area contributed by atoms with Gasteiger partial charge < -0.3 is 28.9 Å². The minimum absolute atomic E-state index is 0. The second-order valence-electron chi connectivity index (χ2n) is 9.37. The van der Waals surface area contributed by atoms with Gasteiger partial charge >= 0.3 is 0 Å². The van der Waals surface area contributed by atoms with Crippen LogP contribution in [0.25, 0.3) is 29.1 Å². The SMILES string of the molecule is CCCCCCC[n+]1c(-c2ccccc2)c(C)n2ccc(/C=C/c3ccc(N(C)C)cc3)cc21.[I-]. The summed E-state index contributed by atoms with van der Waals surface area (Å²) in [6, 6.07) is 24.1. The van der Waals surface area contributed by atoms with Gasteiger partial charge in [0.25, 0.3) is 5.65 Å². The molecule has 2 aromatic heterocycles. The fourth-order valence-electron chi connectivity index (χ4n) is 4.66. The maximum atomic E-state index is 2.53. The highest BCUT2D eigenvalue weighted by atomic mass is 127. The molecular weight excluding hydrogens is 541 g/mol. The summed E-state index contributed by atoms with van der Waals surface area (Å²) in [4.78, 5) is 2.13. The highest BCUT2D eigenvalue weighted by Crippen LogP contribution is 2.24. The van der Waals surface area contributed by atoms with Crippen LogP contribution in [-0.2, 0) is 6.54 Å². The molecule has 2 heterocycles. The van der Waals surface area contributed by atoms with E-state index in [1.54, 1.807) is 0 Å². The van der Waals surface area contributed by atoms with Crippen molar-refractivity contribution in [3.05, 3.63) is 89.7 Å². The number of halogens is 1. The van der Waals surface area contributed by atoms with E-state index in [0.717, 1.165) is 6.54 Å². The lowest BCUT2D eigenvalue weighted by atomic mass is 10.1. The Morgan fingerprint density at radius 3 is 2.20 bits per heavy atom. The fourth-order valence-corrected chi connectivity index (χ4v) is 4.66. The van der Waals surface area contributed by atoms with Gasteiger partial charge in [-0.1, -0.05) is 80.8 Å². The second kappa shape index (κ2) is 12.9. The summed E-state index contributed by atoms with van der Waals surface area (Å²) in [7, 11) is 4.14. The lowest BCUT2D eigenvalue weighted by molar-refractivity contribution is -0.661. The summed E-state index contributed by atoms with van der Waals surface area (Å²) in [5.41, 5.74) is 8.83. The predicted octanol–water partition coefficient (Wildman–Crippen LogP) is 4.41. The van der Waals surface area contributed by atoms with E-state index in [1.807, 2.05) is 0 Å². The number of fused-ring (bicyclic) bond motifs is 1. The number of benzene rings is 2. The fraction of sp³-hybridized carbons (Fsp3) is 0.323. The largest absolute Gasteiger partial charge is 1.00 e. The van der Waals surface area contributed by atoms with Crippen molar-refractivity contribution in [1.82, 2.24) is 4.40 Å². The highest BCUT2D eigenvalue weighted by molar-refractivity contribution is 5.72. The molecule has 0 fully saturated rings. The molecular formula is C31H38IN3. The van der Waals surface area contributed by atoms with E-state index in [-0.39, 0.29) is 24.0 Å². The number of aromatic nitrogens is 2. The first kappa shape index (κ1) is 27.0. The molecule has 0 N–H and O–H groups in total. The number of hydrogen-bond acceptors (Lipinski definition) is 1. The van der Waals surface area contributed by atoms with Crippen molar-refractivity contribution in [2.45, 2.75) is 52.5 Å². The van der Waals surface area contributed by atoms with Gasteiger partial charge in [-0.2, -0.15) is 4.40 Å². The van der Waals surface area contributed by atoms with Crippen LogP contribution in [0.15, 0.2) is 72.9 Å². The van der Waals surface area contributed by atoms with Gasteiger partial charge in [-0.25, -0.2) is 4.57 Å². The Balaban J connectivity index is 0.00000342. The molecule has 0 aliphatic carbocycles. The Morgan fingerprint density at radius 2 is 1.51 bits per heavy atom. The van der Waals surface area contributed by atoms with Crippen LogP contribution < -0.4 is 33.4 Å². The molecule has 4 aromatic rings. The zero-order valence-electron chi connectivity index (χ0n) is 21.5. The molecule has 0 saturated heterocycles. The van der Waals surface area contributed by atoms with Gasteiger partial charge in [0.15, 0.2) is 11.4 Å². The zero-order chi connectivity index (χ0) is 23.9. The van der Waals surface area contributed by atoms with E-state index in [1.165, 1.54) is 71.5 Å². The van der Waals surface area contributed by atoms with Crippen molar-refractivity contribution in [3.63, 3.8) is 0 Å². The van der Waals surface area contributed by atoms with Gasteiger partial charge in [0.05, 0.1) is 12.7 Å². The van der Waals surface area contributed by atoms with Gasteiger partial charge in [0, 0.05) is 38.3 Å². The van der Waals surface area contributed by atoms with Crippen molar-refractivity contribution < 1.29 is 28.5 Å². The number of aryl methyl sites for hydroxylation is 2. The number of pyridine rings is 1. The zero-order valence-corrected chi connectivity index (χ0v) is 23.7. The Hall–Kier alpha value is -2.60. The molecule has 0 aliphatic rings. The first-order valence-corrected chi connectivity index (χ1v) is 12.6. The molecule has 0 radical (unpaired) electrons. The van der Waals surface area contributed by atoms with Gasteiger partial charge in [0.2, 0.25) is 0 Å². The Morgan fingerprint density at radius 1 is 0.829 bits per heavy atom. The average Bonchev–Trinajstić information content (AvgIpc) is 3.14. The third-order valence-electron chi connectivity index (χ3n) is 6.62. The van der Waals surface area contributed by atoms with Crippen LogP contribution in [-0.4, -0.2) is 18.5 Å². The lowest BCUT2D eigenvalue weighted by Gasteiger charge is -2.11. The molecule has 35 heavy (non-hydrogen) atoms. The van der Waals surface area contributed by atoms with E-state index >= 15 is 0 Å². The normalized spacial score (nSPS) is 11.2. The molecule has 0 spiro atoms. The lowest BCUT2D eigenvalue weighted by Crippen LogP contribution is -3.00. The van der Waals surface area contributed by atoms with Crippen LogP contribution in [0.3, 0.4) is 0 Å². The standard InChI is InChI=1S/C31H38N3.HI/c1-5-6-7-8-12-22-34-30-24-27(16-15-26-17-19-29(20-18-26)32(3)4)21-23-33(30)25(2)31(34)28-13-10-9-11-14-28;/h9-11,13-21,23-24H,5-8,12,22H2,1-4H3;1H/q+1;/p-1. The molecule has 0 amide bonds. The summed E-state index contributed by atoms with van der Waals surface area (Å²) in [6.07, 6.45) is 13.1. The summed E-state index contributed by atoms with van der Waals surface area (Å²) in [5.74, 6) is 0. The number of imidazole rings is 1. The minimum atomic E-state index is 0. The van der Waals surface area contributed by atoms with Gasteiger partial charge in [0.1, 0.15) is 0 Å². The molecule has 0 bridgehead atoms.